The lowest BCUT2D eigenvalue weighted by atomic mass is 10.2. The van der Waals surface area contributed by atoms with Crippen molar-refractivity contribution in [3.05, 3.63) is 29.3 Å². The number of aryl methyl sites for hydroxylation is 2. The van der Waals surface area contributed by atoms with Crippen LogP contribution in [0, 0.1) is 13.8 Å². The normalized spacial score (nSPS) is 15.3. The Balaban J connectivity index is 1.78. The molecule has 0 radical (unpaired) electrons. The average molecular weight is 439 g/mol. The van der Waals surface area contributed by atoms with Gasteiger partial charge in [0.25, 0.3) is 0 Å². The van der Waals surface area contributed by atoms with Crippen molar-refractivity contribution in [3.8, 4) is 0 Å². The van der Waals surface area contributed by atoms with Crippen LogP contribution in [0.3, 0.4) is 0 Å². The molecule has 9 heteroatoms. The van der Waals surface area contributed by atoms with Gasteiger partial charge in [-0.25, -0.2) is 13.1 Å². The van der Waals surface area contributed by atoms with Gasteiger partial charge < -0.3 is 9.80 Å². The molecule has 0 atom stereocenters. The zero-order chi connectivity index (χ0) is 22.3. The largest absolute Gasteiger partial charge is 0.342 e. The molecule has 2 amide bonds. The molecule has 0 spiro atoms. The molecule has 2 rings (SSSR count). The van der Waals surface area contributed by atoms with Crippen LogP contribution in [0.25, 0.3) is 0 Å². The van der Waals surface area contributed by atoms with Crippen molar-refractivity contribution in [1.82, 2.24) is 19.4 Å². The van der Waals surface area contributed by atoms with Gasteiger partial charge in [0.05, 0.1) is 11.4 Å². The molecule has 8 nitrogen and oxygen atoms in total. The van der Waals surface area contributed by atoms with Crippen LogP contribution in [0.2, 0.25) is 0 Å². The van der Waals surface area contributed by atoms with Crippen LogP contribution >= 0.6 is 0 Å². The standard InChI is InChI=1S/C21H34N4O4S/c1-5-24(6-2)21(27)16-23-11-13-25(14-12-23)20(26)9-10-22-30(28,29)19-8-7-17(3)15-18(19)4/h7-8,15,22H,5-6,9-14,16H2,1-4H3. The van der Waals surface area contributed by atoms with E-state index in [1.165, 1.54) is 0 Å². The van der Waals surface area contributed by atoms with E-state index in [4.69, 9.17) is 0 Å². The fourth-order valence-electron chi connectivity index (χ4n) is 3.65. The third-order valence-electron chi connectivity index (χ3n) is 5.45. The second kappa shape index (κ2) is 10.9. The smallest absolute Gasteiger partial charge is 0.240 e. The van der Waals surface area contributed by atoms with Gasteiger partial charge in [-0.05, 0) is 39.3 Å². The first kappa shape index (κ1) is 24.3. The number of piperazine rings is 1. The number of sulfonamides is 1. The minimum absolute atomic E-state index is 0.0646. The van der Waals surface area contributed by atoms with Crippen LogP contribution in [0.15, 0.2) is 23.1 Å². The van der Waals surface area contributed by atoms with Gasteiger partial charge in [-0.15, -0.1) is 0 Å². The number of nitrogens with one attached hydrogen (secondary N) is 1. The quantitative estimate of drug-likeness (QED) is 0.621. The number of benzene rings is 1. The van der Waals surface area contributed by atoms with E-state index in [0.29, 0.717) is 51.4 Å². The van der Waals surface area contributed by atoms with E-state index >= 15 is 0 Å². The van der Waals surface area contributed by atoms with Gasteiger partial charge in [0, 0.05) is 52.2 Å². The van der Waals surface area contributed by atoms with Crippen molar-refractivity contribution in [1.29, 1.82) is 0 Å². The highest BCUT2D eigenvalue weighted by atomic mass is 32.2. The molecule has 1 aromatic rings. The van der Waals surface area contributed by atoms with Gasteiger partial charge in [-0.2, -0.15) is 0 Å². The number of likely N-dealkylation sites (N-methyl/N-ethyl adjacent to an activating group) is 1. The van der Waals surface area contributed by atoms with Crippen molar-refractivity contribution in [2.75, 3.05) is 52.4 Å². The predicted molar refractivity (Wildman–Crippen MR) is 117 cm³/mol. The zero-order valence-electron chi connectivity index (χ0n) is 18.5. The number of hydrogen-bond donors (Lipinski definition) is 1. The molecule has 1 aromatic carbocycles. The predicted octanol–water partition coefficient (Wildman–Crippen LogP) is 0.984. The van der Waals surface area contributed by atoms with Crippen LogP contribution in [0.1, 0.15) is 31.4 Å². The summed E-state index contributed by atoms with van der Waals surface area (Å²) in [4.78, 5) is 30.5. The van der Waals surface area contributed by atoms with Gasteiger partial charge in [0.1, 0.15) is 0 Å². The third-order valence-corrected chi connectivity index (χ3v) is 7.07. The Kier molecular flexibility index (Phi) is 8.81. The van der Waals surface area contributed by atoms with Crippen LogP contribution in [0.4, 0.5) is 0 Å². The number of carbonyl (C=O) groups is 2. The molecule has 1 aliphatic rings. The number of hydrogen-bond acceptors (Lipinski definition) is 5. The maximum Gasteiger partial charge on any atom is 0.240 e. The Labute approximate surface area is 180 Å². The molecule has 0 saturated carbocycles. The summed E-state index contributed by atoms with van der Waals surface area (Å²) in [7, 11) is -3.64. The zero-order valence-corrected chi connectivity index (χ0v) is 19.3. The van der Waals surface area contributed by atoms with Crippen molar-refractivity contribution < 1.29 is 18.0 Å². The van der Waals surface area contributed by atoms with Gasteiger partial charge in [0.15, 0.2) is 0 Å². The fraction of sp³-hybridized carbons (Fsp3) is 0.619. The summed E-state index contributed by atoms with van der Waals surface area (Å²) in [6.07, 6.45) is 0.114. The highest BCUT2D eigenvalue weighted by molar-refractivity contribution is 7.89. The molecule has 1 N–H and O–H groups in total. The van der Waals surface area contributed by atoms with Gasteiger partial charge in [-0.3, -0.25) is 14.5 Å². The molecule has 168 valence electrons. The molecular formula is C21H34N4O4S. The highest BCUT2D eigenvalue weighted by Gasteiger charge is 2.24. The lowest BCUT2D eigenvalue weighted by Gasteiger charge is -2.35. The molecule has 1 fully saturated rings. The van der Waals surface area contributed by atoms with Crippen molar-refractivity contribution >= 4 is 21.8 Å². The molecule has 0 bridgehead atoms. The van der Waals surface area contributed by atoms with E-state index in [0.717, 1.165) is 5.56 Å². The lowest BCUT2D eigenvalue weighted by molar-refractivity contribution is -0.134. The molecule has 0 aliphatic carbocycles. The first-order chi connectivity index (χ1) is 14.2. The minimum Gasteiger partial charge on any atom is -0.342 e. The Morgan fingerprint density at radius 1 is 1.07 bits per heavy atom. The van der Waals surface area contributed by atoms with E-state index in [-0.39, 0.29) is 29.7 Å². The molecule has 0 aromatic heterocycles. The lowest BCUT2D eigenvalue weighted by Crippen LogP contribution is -2.51. The van der Waals surface area contributed by atoms with Crippen LogP contribution in [0.5, 0.6) is 0 Å². The van der Waals surface area contributed by atoms with Crippen molar-refractivity contribution in [3.63, 3.8) is 0 Å². The summed E-state index contributed by atoms with van der Waals surface area (Å²) in [5.41, 5.74) is 1.68. The highest BCUT2D eigenvalue weighted by Crippen LogP contribution is 2.16. The summed E-state index contributed by atoms with van der Waals surface area (Å²) in [5, 5.41) is 0. The number of rotatable bonds is 9. The van der Waals surface area contributed by atoms with E-state index in [1.54, 1.807) is 28.9 Å². The first-order valence-electron chi connectivity index (χ1n) is 10.5. The van der Waals surface area contributed by atoms with Gasteiger partial charge >= 0.3 is 0 Å². The van der Waals surface area contributed by atoms with Crippen LogP contribution in [-0.4, -0.2) is 87.3 Å². The van der Waals surface area contributed by atoms with E-state index in [2.05, 4.69) is 9.62 Å². The summed E-state index contributed by atoms with van der Waals surface area (Å²) in [6.45, 7) is 11.8. The Morgan fingerprint density at radius 3 is 2.27 bits per heavy atom. The summed E-state index contributed by atoms with van der Waals surface area (Å²) in [5.74, 6) is 0.0358. The number of nitrogens with zero attached hydrogens (tertiary/aromatic N) is 3. The topological polar surface area (TPSA) is 90.0 Å². The van der Waals surface area contributed by atoms with Crippen LogP contribution in [-0.2, 0) is 19.6 Å². The minimum atomic E-state index is -3.64. The van der Waals surface area contributed by atoms with E-state index in [9.17, 15) is 18.0 Å². The Morgan fingerprint density at radius 2 is 1.70 bits per heavy atom. The molecule has 0 unspecified atom stereocenters. The number of amides is 2. The monoisotopic (exact) mass is 438 g/mol. The summed E-state index contributed by atoms with van der Waals surface area (Å²) < 4.78 is 27.5. The SMILES string of the molecule is CCN(CC)C(=O)CN1CCN(C(=O)CCNS(=O)(=O)c2ccc(C)cc2C)CC1. The maximum atomic E-state index is 12.5. The van der Waals surface area contributed by atoms with Gasteiger partial charge in [0.2, 0.25) is 21.8 Å². The molecule has 1 aliphatic heterocycles. The Bertz CT molecular complexity index is 845. The van der Waals surface area contributed by atoms with E-state index in [1.807, 2.05) is 26.8 Å². The van der Waals surface area contributed by atoms with Gasteiger partial charge in [-0.1, -0.05) is 17.7 Å². The van der Waals surface area contributed by atoms with Crippen LogP contribution < -0.4 is 4.72 Å². The van der Waals surface area contributed by atoms with Crippen molar-refractivity contribution in [2.24, 2.45) is 0 Å². The first-order valence-corrected chi connectivity index (χ1v) is 12.0. The Hall–Kier alpha value is -1.97. The summed E-state index contributed by atoms with van der Waals surface area (Å²) >= 11 is 0. The molecule has 30 heavy (non-hydrogen) atoms. The second-order valence-electron chi connectivity index (χ2n) is 7.64. The molecular weight excluding hydrogens is 404 g/mol. The van der Waals surface area contributed by atoms with Crippen molar-refractivity contribution in [2.45, 2.75) is 39.0 Å². The fourth-order valence-corrected chi connectivity index (χ4v) is 4.91. The molecule has 1 heterocycles. The molecule has 1 saturated heterocycles. The third kappa shape index (κ3) is 6.52. The maximum absolute atomic E-state index is 12.5. The average Bonchev–Trinajstić information content (AvgIpc) is 2.69. The summed E-state index contributed by atoms with van der Waals surface area (Å²) in [6, 6.07) is 5.18. The van der Waals surface area contributed by atoms with E-state index < -0.39 is 10.0 Å². The number of carbonyl (C=O) groups excluding carboxylic acids is 2. The second-order valence-corrected chi connectivity index (χ2v) is 9.38.